The van der Waals surface area contributed by atoms with Gasteiger partial charge in [-0.25, -0.2) is 14.4 Å². The third-order valence-corrected chi connectivity index (χ3v) is 3.26. The van der Waals surface area contributed by atoms with Crippen molar-refractivity contribution in [1.82, 2.24) is 15.0 Å². The molecule has 0 unspecified atom stereocenters. The summed E-state index contributed by atoms with van der Waals surface area (Å²) in [6, 6.07) is 5.11. The zero-order valence-corrected chi connectivity index (χ0v) is 10.8. The number of halogens is 1. The molecule has 1 aliphatic rings. The largest absolute Gasteiger partial charge is 0.355 e. The van der Waals surface area contributed by atoms with E-state index in [-0.39, 0.29) is 5.56 Å². The molecular formula is C13H14FN5O. The Balaban J connectivity index is 1.67. The first kappa shape index (κ1) is 12.6. The third-order valence-electron chi connectivity index (χ3n) is 3.26. The molecule has 0 spiro atoms. The Morgan fingerprint density at radius 3 is 2.35 bits per heavy atom. The van der Waals surface area contributed by atoms with Crippen LogP contribution in [-0.2, 0) is 0 Å². The van der Waals surface area contributed by atoms with Crippen molar-refractivity contribution in [1.29, 1.82) is 0 Å². The molecule has 0 atom stereocenters. The van der Waals surface area contributed by atoms with E-state index in [1.807, 2.05) is 11.0 Å². The smallest absolute Gasteiger partial charge is 0.249 e. The highest BCUT2D eigenvalue weighted by molar-refractivity contribution is 5.41. The molecule has 3 heterocycles. The summed E-state index contributed by atoms with van der Waals surface area (Å²) in [5, 5.41) is 0. The quantitative estimate of drug-likeness (QED) is 0.871. The zero-order chi connectivity index (χ0) is 13.9. The maximum atomic E-state index is 12.8. The van der Waals surface area contributed by atoms with Crippen LogP contribution in [0.1, 0.15) is 0 Å². The van der Waals surface area contributed by atoms with E-state index >= 15 is 0 Å². The molecule has 3 rings (SSSR count). The minimum absolute atomic E-state index is 0.105. The van der Waals surface area contributed by atoms with Gasteiger partial charge in [-0.05, 0) is 6.07 Å². The number of anilines is 2. The van der Waals surface area contributed by atoms with Crippen LogP contribution in [0.2, 0.25) is 0 Å². The summed E-state index contributed by atoms with van der Waals surface area (Å²) >= 11 is 0. The van der Waals surface area contributed by atoms with Crippen LogP contribution in [0, 0.1) is 5.82 Å². The Morgan fingerprint density at radius 2 is 1.70 bits per heavy atom. The fraction of sp³-hybridized carbons (Fsp3) is 0.308. The molecule has 2 aromatic heterocycles. The number of H-pyrrole nitrogens is 1. The number of nitrogens with one attached hydrogen (secondary N) is 1. The van der Waals surface area contributed by atoms with Gasteiger partial charge in [-0.3, -0.25) is 4.79 Å². The molecular weight excluding hydrogens is 261 g/mol. The molecule has 104 valence electrons. The normalized spacial score (nSPS) is 15.4. The van der Waals surface area contributed by atoms with Crippen molar-refractivity contribution in [3.8, 4) is 0 Å². The monoisotopic (exact) mass is 275 g/mol. The van der Waals surface area contributed by atoms with Crippen molar-refractivity contribution in [2.24, 2.45) is 0 Å². The number of piperazine rings is 1. The number of rotatable bonds is 2. The number of nitrogens with zero attached hydrogens (tertiary/aromatic N) is 4. The van der Waals surface area contributed by atoms with Gasteiger partial charge in [0.15, 0.2) is 5.82 Å². The standard InChI is InChI=1S/C13H14FN5O/c14-10-8-15-13(16-9-10)19-6-4-18(5-7-19)11-2-1-3-12(20)17-11/h1-3,8-9H,4-7H2,(H,17,20). The zero-order valence-electron chi connectivity index (χ0n) is 10.8. The van der Waals surface area contributed by atoms with Gasteiger partial charge < -0.3 is 14.8 Å². The van der Waals surface area contributed by atoms with E-state index in [0.29, 0.717) is 5.95 Å². The summed E-state index contributed by atoms with van der Waals surface area (Å²) in [6.07, 6.45) is 2.34. The summed E-state index contributed by atoms with van der Waals surface area (Å²) in [5.74, 6) is 0.916. The topological polar surface area (TPSA) is 65.1 Å². The third kappa shape index (κ3) is 2.61. The van der Waals surface area contributed by atoms with Crippen molar-refractivity contribution in [2.45, 2.75) is 0 Å². The van der Waals surface area contributed by atoms with Gasteiger partial charge in [0.05, 0.1) is 12.4 Å². The summed E-state index contributed by atoms with van der Waals surface area (Å²) in [6.45, 7) is 2.95. The molecule has 1 saturated heterocycles. The maximum absolute atomic E-state index is 12.8. The van der Waals surface area contributed by atoms with Gasteiger partial charge in [-0.2, -0.15) is 0 Å². The first-order valence-electron chi connectivity index (χ1n) is 6.39. The molecule has 20 heavy (non-hydrogen) atoms. The fourth-order valence-corrected chi connectivity index (χ4v) is 2.24. The van der Waals surface area contributed by atoms with Crippen molar-refractivity contribution >= 4 is 11.8 Å². The molecule has 1 fully saturated rings. The predicted octanol–water partition coefficient (Wildman–Crippen LogP) is 0.631. The lowest BCUT2D eigenvalue weighted by Gasteiger charge is -2.35. The summed E-state index contributed by atoms with van der Waals surface area (Å²) < 4.78 is 12.8. The van der Waals surface area contributed by atoms with E-state index in [1.54, 1.807) is 6.07 Å². The van der Waals surface area contributed by atoms with E-state index in [9.17, 15) is 9.18 Å². The second-order valence-corrected chi connectivity index (χ2v) is 4.58. The van der Waals surface area contributed by atoms with Gasteiger partial charge in [0.1, 0.15) is 5.82 Å². The lowest BCUT2D eigenvalue weighted by molar-refractivity contribution is 0.601. The second kappa shape index (κ2) is 5.28. The van der Waals surface area contributed by atoms with Crippen LogP contribution >= 0.6 is 0 Å². The van der Waals surface area contributed by atoms with Gasteiger partial charge >= 0.3 is 0 Å². The summed E-state index contributed by atoms with van der Waals surface area (Å²) in [4.78, 5) is 26.2. The molecule has 1 aliphatic heterocycles. The van der Waals surface area contributed by atoms with Gasteiger partial charge in [0.2, 0.25) is 11.5 Å². The Hall–Kier alpha value is -2.44. The summed E-state index contributed by atoms with van der Waals surface area (Å²) in [5.41, 5.74) is -0.105. The highest BCUT2D eigenvalue weighted by atomic mass is 19.1. The Labute approximate surface area is 114 Å². The van der Waals surface area contributed by atoms with Gasteiger partial charge in [-0.15, -0.1) is 0 Å². The number of aromatic amines is 1. The Bertz CT molecular complexity index is 634. The van der Waals surface area contributed by atoms with Crippen LogP contribution in [0.15, 0.2) is 35.4 Å². The SMILES string of the molecule is O=c1cccc(N2CCN(c3ncc(F)cn3)CC2)[nH]1. The molecule has 1 N–H and O–H groups in total. The molecule has 0 bridgehead atoms. The number of aromatic nitrogens is 3. The van der Waals surface area contributed by atoms with Gasteiger partial charge in [-0.1, -0.05) is 6.07 Å². The molecule has 0 aliphatic carbocycles. The Kier molecular flexibility index (Phi) is 3.32. The first-order chi connectivity index (χ1) is 9.72. The van der Waals surface area contributed by atoms with Crippen molar-refractivity contribution in [3.05, 3.63) is 46.8 Å². The fourth-order valence-electron chi connectivity index (χ4n) is 2.24. The second-order valence-electron chi connectivity index (χ2n) is 4.58. The lowest BCUT2D eigenvalue weighted by atomic mass is 10.3. The van der Waals surface area contributed by atoms with E-state index in [2.05, 4.69) is 19.9 Å². The molecule has 0 saturated carbocycles. The van der Waals surface area contributed by atoms with Gasteiger partial charge in [0.25, 0.3) is 0 Å². The van der Waals surface area contributed by atoms with Crippen LogP contribution in [0.25, 0.3) is 0 Å². The highest BCUT2D eigenvalue weighted by Gasteiger charge is 2.19. The average molecular weight is 275 g/mol. The molecule has 6 nitrogen and oxygen atoms in total. The number of hydrogen-bond donors (Lipinski definition) is 1. The first-order valence-corrected chi connectivity index (χ1v) is 6.39. The van der Waals surface area contributed by atoms with Crippen molar-refractivity contribution < 1.29 is 4.39 Å². The molecule has 0 amide bonds. The van der Waals surface area contributed by atoms with E-state index in [4.69, 9.17) is 0 Å². The van der Waals surface area contributed by atoms with Crippen LogP contribution in [0.5, 0.6) is 0 Å². The van der Waals surface area contributed by atoms with Crippen molar-refractivity contribution in [2.75, 3.05) is 36.0 Å². The van der Waals surface area contributed by atoms with Crippen LogP contribution in [0.4, 0.5) is 16.2 Å². The number of hydrogen-bond acceptors (Lipinski definition) is 5. The van der Waals surface area contributed by atoms with Crippen molar-refractivity contribution in [3.63, 3.8) is 0 Å². The minimum atomic E-state index is -0.436. The lowest BCUT2D eigenvalue weighted by Crippen LogP contribution is -2.47. The maximum Gasteiger partial charge on any atom is 0.249 e. The van der Waals surface area contributed by atoms with E-state index < -0.39 is 5.82 Å². The summed E-state index contributed by atoms with van der Waals surface area (Å²) in [7, 11) is 0. The van der Waals surface area contributed by atoms with E-state index in [1.165, 1.54) is 18.5 Å². The van der Waals surface area contributed by atoms with E-state index in [0.717, 1.165) is 32.0 Å². The van der Waals surface area contributed by atoms with Crippen LogP contribution < -0.4 is 15.4 Å². The molecule has 7 heteroatoms. The van der Waals surface area contributed by atoms with Crippen LogP contribution in [0.3, 0.4) is 0 Å². The van der Waals surface area contributed by atoms with Gasteiger partial charge in [0, 0.05) is 32.2 Å². The average Bonchev–Trinajstić information content (AvgIpc) is 2.48. The molecule has 0 aromatic carbocycles. The number of pyridine rings is 1. The minimum Gasteiger partial charge on any atom is -0.355 e. The predicted molar refractivity (Wildman–Crippen MR) is 73.5 cm³/mol. The Morgan fingerprint density at radius 1 is 1.05 bits per heavy atom. The molecule has 0 radical (unpaired) electrons. The van der Waals surface area contributed by atoms with Crippen LogP contribution in [-0.4, -0.2) is 41.1 Å². The molecule has 2 aromatic rings. The highest BCUT2D eigenvalue weighted by Crippen LogP contribution is 2.14.